The molecule has 27 heavy (non-hydrogen) atoms. The van der Waals surface area contributed by atoms with Crippen LogP contribution < -0.4 is 14.2 Å². The van der Waals surface area contributed by atoms with Gasteiger partial charge >= 0.3 is 6.18 Å². The monoisotopic (exact) mass is 381 g/mol. The average molecular weight is 381 g/mol. The standard InChI is InChI=1S/C20H22F3NO3/c1-24-8-7-13-9-17(25-2)18(26-3)11-16(13)19(12-24)27-15-6-4-5-14(10-15)20(21,22)23/h4-6,9-11,19H,7-8,12H2,1-3H3. The molecule has 0 fully saturated rings. The Morgan fingerprint density at radius 1 is 1.04 bits per heavy atom. The third-order valence-electron chi connectivity index (χ3n) is 4.67. The van der Waals surface area contributed by atoms with Crippen molar-refractivity contribution in [3.05, 3.63) is 53.1 Å². The minimum Gasteiger partial charge on any atom is -0.493 e. The zero-order chi connectivity index (χ0) is 19.6. The maximum Gasteiger partial charge on any atom is 0.416 e. The first-order chi connectivity index (χ1) is 12.8. The van der Waals surface area contributed by atoms with Crippen LogP contribution in [0.1, 0.15) is 22.8 Å². The number of benzene rings is 2. The number of ether oxygens (including phenoxy) is 3. The van der Waals surface area contributed by atoms with E-state index in [4.69, 9.17) is 14.2 Å². The van der Waals surface area contributed by atoms with E-state index < -0.39 is 17.8 Å². The van der Waals surface area contributed by atoms with Crippen LogP contribution >= 0.6 is 0 Å². The summed E-state index contributed by atoms with van der Waals surface area (Å²) in [5.41, 5.74) is 1.21. The van der Waals surface area contributed by atoms with E-state index in [1.54, 1.807) is 20.3 Å². The molecule has 1 unspecified atom stereocenters. The number of methoxy groups -OCH3 is 2. The molecule has 0 aliphatic carbocycles. The second kappa shape index (κ2) is 7.68. The van der Waals surface area contributed by atoms with Gasteiger partial charge in [0.1, 0.15) is 11.9 Å². The molecule has 0 N–H and O–H groups in total. The van der Waals surface area contributed by atoms with Crippen LogP contribution in [-0.4, -0.2) is 39.3 Å². The predicted molar refractivity (Wildman–Crippen MR) is 95.6 cm³/mol. The fourth-order valence-corrected chi connectivity index (χ4v) is 3.25. The number of likely N-dealkylation sites (N-methyl/N-ethyl adjacent to an activating group) is 1. The van der Waals surface area contributed by atoms with Crippen molar-refractivity contribution in [2.24, 2.45) is 0 Å². The first-order valence-electron chi connectivity index (χ1n) is 8.59. The van der Waals surface area contributed by atoms with Gasteiger partial charge in [-0.1, -0.05) is 6.07 Å². The van der Waals surface area contributed by atoms with Gasteiger partial charge in [0.2, 0.25) is 0 Å². The SMILES string of the molecule is COc1cc2c(cc1OC)C(Oc1cccc(C(F)(F)F)c1)CN(C)CC2. The molecule has 1 heterocycles. The predicted octanol–water partition coefficient (Wildman–Crippen LogP) is 4.33. The Hall–Kier alpha value is -2.41. The molecule has 3 rings (SSSR count). The largest absolute Gasteiger partial charge is 0.493 e. The number of hydrogen-bond donors (Lipinski definition) is 0. The van der Waals surface area contributed by atoms with Crippen molar-refractivity contribution in [1.29, 1.82) is 0 Å². The van der Waals surface area contributed by atoms with Gasteiger partial charge in [-0.2, -0.15) is 13.2 Å². The molecular weight excluding hydrogens is 359 g/mol. The second-order valence-electron chi connectivity index (χ2n) is 6.55. The molecule has 2 aromatic rings. The molecule has 0 saturated heterocycles. The van der Waals surface area contributed by atoms with Crippen molar-refractivity contribution in [2.75, 3.05) is 34.4 Å². The number of fused-ring (bicyclic) bond motifs is 1. The molecule has 0 spiro atoms. The molecule has 0 bridgehead atoms. The summed E-state index contributed by atoms with van der Waals surface area (Å²) in [4.78, 5) is 2.09. The lowest BCUT2D eigenvalue weighted by molar-refractivity contribution is -0.137. The summed E-state index contributed by atoms with van der Waals surface area (Å²) >= 11 is 0. The summed E-state index contributed by atoms with van der Waals surface area (Å²) < 4.78 is 55.8. The summed E-state index contributed by atoms with van der Waals surface area (Å²) in [6, 6.07) is 8.73. The Morgan fingerprint density at radius 3 is 2.41 bits per heavy atom. The van der Waals surface area contributed by atoms with Crippen LogP contribution in [0.2, 0.25) is 0 Å². The van der Waals surface area contributed by atoms with Crippen LogP contribution in [-0.2, 0) is 12.6 Å². The Balaban J connectivity index is 1.98. The molecule has 1 aliphatic heterocycles. The third-order valence-corrected chi connectivity index (χ3v) is 4.67. The lowest BCUT2D eigenvalue weighted by Crippen LogP contribution is -2.26. The van der Waals surface area contributed by atoms with Gasteiger partial charge in [-0.05, 0) is 49.4 Å². The fraction of sp³-hybridized carbons (Fsp3) is 0.400. The molecular formula is C20H22F3NO3. The zero-order valence-corrected chi connectivity index (χ0v) is 15.5. The Labute approximate surface area is 156 Å². The Bertz CT molecular complexity index is 808. The van der Waals surface area contributed by atoms with E-state index in [0.29, 0.717) is 18.0 Å². The number of hydrogen-bond acceptors (Lipinski definition) is 4. The topological polar surface area (TPSA) is 30.9 Å². The highest BCUT2D eigenvalue weighted by Crippen LogP contribution is 2.38. The minimum atomic E-state index is -4.41. The van der Waals surface area contributed by atoms with Gasteiger partial charge in [-0.15, -0.1) is 0 Å². The number of nitrogens with zero attached hydrogens (tertiary/aromatic N) is 1. The number of alkyl halides is 3. The highest BCUT2D eigenvalue weighted by atomic mass is 19.4. The molecule has 146 valence electrons. The third kappa shape index (κ3) is 4.30. The summed E-state index contributed by atoms with van der Waals surface area (Å²) in [5.74, 6) is 1.38. The maximum absolute atomic E-state index is 13.0. The van der Waals surface area contributed by atoms with Crippen molar-refractivity contribution < 1.29 is 27.4 Å². The molecule has 0 saturated carbocycles. The minimum absolute atomic E-state index is 0.186. The van der Waals surface area contributed by atoms with Crippen LogP contribution in [0, 0.1) is 0 Å². The Kier molecular flexibility index (Phi) is 5.51. The highest BCUT2D eigenvalue weighted by molar-refractivity contribution is 5.49. The van der Waals surface area contributed by atoms with Crippen LogP contribution in [0.4, 0.5) is 13.2 Å². The first kappa shape index (κ1) is 19.4. The van der Waals surface area contributed by atoms with E-state index in [-0.39, 0.29) is 5.75 Å². The van der Waals surface area contributed by atoms with E-state index in [0.717, 1.165) is 36.2 Å². The first-order valence-corrected chi connectivity index (χ1v) is 8.59. The number of halogens is 3. The van der Waals surface area contributed by atoms with Gasteiger partial charge < -0.3 is 19.1 Å². The Morgan fingerprint density at radius 2 is 1.74 bits per heavy atom. The van der Waals surface area contributed by atoms with E-state index in [1.807, 2.05) is 19.2 Å². The van der Waals surface area contributed by atoms with Crippen molar-refractivity contribution in [2.45, 2.75) is 18.7 Å². The van der Waals surface area contributed by atoms with Crippen LogP contribution in [0.3, 0.4) is 0 Å². The summed E-state index contributed by atoms with van der Waals surface area (Å²) in [7, 11) is 5.09. The van der Waals surface area contributed by atoms with Crippen LogP contribution in [0.25, 0.3) is 0 Å². The lowest BCUT2D eigenvalue weighted by atomic mass is 10.00. The van der Waals surface area contributed by atoms with Crippen molar-refractivity contribution in [3.63, 3.8) is 0 Å². The quantitative estimate of drug-likeness (QED) is 0.789. The molecule has 0 radical (unpaired) electrons. The van der Waals surface area contributed by atoms with Gasteiger partial charge in [0.25, 0.3) is 0 Å². The van der Waals surface area contributed by atoms with Gasteiger partial charge in [0.05, 0.1) is 19.8 Å². The molecule has 1 aliphatic rings. The van der Waals surface area contributed by atoms with Gasteiger partial charge in [0.15, 0.2) is 11.5 Å². The molecule has 7 heteroatoms. The zero-order valence-electron chi connectivity index (χ0n) is 15.5. The summed E-state index contributed by atoms with van der Waals surface area (Å²) in [5, 5.41) is 0. The molecule has 0 amide bonds. The second-order valence-corrected chi connectivity index (χ2v) is 6.55. The van der Waals surface area contributed by atoms with Gasteiger partial charge in [0, 0.05) is 18.7 Å². The molecule has 2 aromatic carbocycles. The van der Waals surface area contributed by atoms with E-state index in [2.05, 4.69) is 4.90 Å². The summed E-state index contributed by atoms with van der Waals surface area (Å²) in [6.07, 6.45) is -4.04. The molecule has 1 atom stereocenters. The number of rotatable bonds is 4. The maximum atomic E-state index is 13.0. The summed E-state index contributed by atoms with van der Waals surface area (Å²) in [6.45, 7) is 1.36. The highest BCUT2D eigenvalue weighted by Gasteiger charge is 2.31. The van der Waals surface area contributed by atoms with Crippen molar-refractivity contribution in [1.82, 2.24) is 4.90 Å². The van der Waals surface area contributed by atoms with Crippen molar-refractivity contribution >= 4 is 0 Å². The van der Waals surface area contributed by atoms with E-state index in [9.17, 15) is 13.2 Å². The van der Waals surface area contributed by atoms with Crippen LogP contribution in [0.15, 0.2) is 36.4 Å². The lowest BCUT2D eigenvalue weighted by Gasteiger charge is -2.24. The fourth-order valence-electron chi connectivity index (χ4n) is 3.25. The van der Waals surface area contributed by atoms with Gasteiger partial charge in [-0.3, -0.25) is 0 Å². The molecule has 0 aromatic heterocycles. The van der Waals surface area contributed by atoms with Crippen molar-refractivity contribution in [3.8, 4) is 17.2 Å². The van der Waals surface area contributed by atoms with E-state index >= 15 is 0 Å². The van der Waals surface area contributed by atoms with Crippen LogP contribution in [0.5, 0.6) is 17.2 Å². The smallest absolute Gasteiger partial charge is 0.416 e. The normalized spacial score (nSPS) is 17.8. The van der Waals surface area contributed by atoms with E-state index in [1.165, 1.54) is 6.07 Å². The average Bonchev–Trinajstić information content (AvgIpc) is 2.78. The molecule has 4 nitrogen and oxygen atoms in total. The van der Waals surface area contributed by atoms with Gasteiger partial charge in [-0.25, -0.2) is 0 Å².